The second-order valence-corrected chi connectivity index (χ2v) is 12.0. The van der Waals surface area contributed by atoms with E-state index in [2.05, 4.69) is 137 Å². The minimum atomic E-state index is 0.510. The van der Waals surface area contributed by atoms with Gasteiger partial charge in [-0.3, -0.25) is 9.98 Å². The van der Waals surface area contributed by atoms with Gasteiger partial charge >= 0.3 is 0 Å². The van der Waals surface area contributed by atoms with E-state index in [1.165, 1.54) is 10.8 Å². The molecule has 0 fully saturated rings. The maximum atomic E-state index is 5.08. The average molecular weight is 631 g/mol. The van der Waals surface area contributed by atoms with Crippen molar-refractivity contribution >= 4 is 27.5 Å². The third-order valence-corrected chi connectivity index (χ3v) is 8.95. The summed E-state index contributed by atoms with van der Waals surface area (Å²) in [5.41, 5.74) is 10.0. The molecule has 0 N–H and O–H groups in total. The second-order valence-electron chi connectivity index (χ2n) is 12.0. The Bertz CT molecular complexity index is 2420. The van der Waals surface area contributed by atoms with Crippen molar-refractivity contribution in [2.75, 3.05) is 6.54 Å². The highest BCUT2D eigenvalue weighted by Crippen LogP contribution is 2.43. The standard InChI is InChI=1S/C43H30N6/c1-3-15-29(16-4-1)34-27-31(41-46-42(36-21-11-13-25-44-36)48-43(47-41)37-22-12-14-26-45-37)28-35(30-17-5-2-6-18-30)40(34)49-38-23-9-7-19-32(38)33-20-8-10-24-39(33)49/h1-13,15-25,27-28H,14,26H2. The van der Waals surface area contributed by atoms with Crippen LogP contribution in [0.15, 0.2) is 163 Å². The zero-order valence-corrected chi connectivity index (χ0v) is 26.6. The van der Waals surface area contributed by atoms with E-state index in [0.717, 1.165) is 56.7 Å². The Kier molecular flexibility index (Phi) is 7.17. The summed E-state index contributed by atoms with van der Waals surface area (Å²) in [4.78, 5) is 24.4. The van der Waals surface area contributed by atoms with Crippen LogP contribution in [0.5, 0.6) is 0 Å². The van der Waals surface area contributed by atoms with Crippen molar-refractivity contribution in [3.05, 3.63) is 164 Å². The van der Waals surface area contributed by atoms with E-state index in [9.17, 15) is 0 Å². The zero-order chi connectivity index (χ0) is 32.6. The molecule has 0 saturated carbocycles. The normalized spacial score (nSPS) is 12.8. The lowest BCUT2D eigenvalue weighted by atomic mass is 9.92. The van der Waals surface area contributed by atoms with Crippen LogP contribution in [0.3, 0.4) is 0 Å². The van der Waals surface area contributed by atoms with Crippen LogP contribution >= 0.6 is 0 Å². The molecule has 0 radical (unpaired) electrons. The van der Waals surface area contributed by atoms with Gasteiger partial charge in [0.05, 0.1) is 16.7 Å². The van der Waals surface area contributed by atoms with Gasteiger partial charge in [-0.2, -0.15) is 0 Å². The van der Waals surface area contributed by atoms with Crippen LogP contribution in [0.1, 0.15) is 12.2 Å². The van der Waals surface area contributed by atoms with Crippen molar-refractivity contribution in [1.29, 1.82) is 0 Å². The van der Waals surface area contributed by atoms with Crippen molar-refractivity contribution in [1.82, 2.24) is 24.5 Å². The molecule has 9 rings (SSSR count). The molecular formula is C43H30N6. The van der Waals surface area contributed by atoms with E-state index in [-0.39, 0.29) is 0 Å². The third kappa shape index (κ3) is 5.20. The fraction of sp³-hybridized carbons (Fsp3) is 0.0465. The van der Waals surface area contributed by atoms with Gasteiger partial charge in [-0.1, -0.05) is 109 Å². The number of hydrogen-bond donors (Lipinski definition) is 0. The van der Waals surface area contributed by atoms with Crippen LogP contribution in [0.2, 0.25) is 0 Å². The van der Waals surface area contributed by atoms with Crippen LogP contribution in [0.4, 0.5) is 0 Å². The topological polar surface area (TPSA) is 68.8 Å². The van der Waals surface area contributed by atoms with Crippen molar-refractivity contribution in [3.63, 3.8) is 0 Å². The van der Waals surface area contributed by atoms with E-state index >= 15 is 0 Å². The molecule has 5 aromatic carbocycles. The van der Waals surface area contributed by atoms with Gasteiger partial charge in [0, 0.05) is 40.2 Å². The molecule has 6 heteroatoms. The van der Waals surface area contributed by atoms with Crippen molar-refractivity contribution in [3.8, 4) is 50.8 Å². The van der Waals surface area contributed by atoms with Crippen LogP contribution in [0.25, 0.3) is 72.7 Å². The summed E-state index contributed by atoms with van der Waals surface area (Å²) < 4.78 is 2.42. The number of fused-ring (bicyclic) bond motifs is 3. The molecule has 4 heterocycles. The third-order valence-electron chi connectivity index (χ3n) is 8.95. The highest BCUT2D eigenvalue weighted by molar-refractivity contribution is 6.11. The summed E-state index contributed by atoms with van der Waals surface area (Å²) in [5, 5.41) is 2.42. The molecule has 6 nitrogen and oxygen atoms in total. The number of para-hydroxylation sites is 2. The lowest BCUT2D eigenvalue weighted by Crippen LogP contribution is -2.11. The first kappa shape index (κ1) is 28.7. The van der Waals surface area contributed by atoms with Gasteiger partial charge in [0.1, 0.15) is 11.4 Å². The first-order chi connectivity index (χ1) is 24.3. The molecule has 0 unspecified atom stereocenters. The lowest BCUT2D eigenvalue weighted by molar-refractivity contribution is 0.973. The molecule has 0 amide bonds. The predicted octanol–water partition coefficient (Wildman–Crippen LogP) is 9.78. The number of benzene rings is 5. The van der Waals surface area contributed by atoms with E-state index in [1.54, 1.807) is 6.20 Å². The second kappa shape index (κ2) is 12.2. The fourth-order valence-electron chi connectivity index (χ4n) is 6.73. The molecule has 0 saturated heterocycles. The summed E-state index contributed by atoms with van der Waals surface area (Å²) in [6.07, 6.45) is 6.78. The monoisotopic (exact) mass is 630 g/mol. The average Bonchev–Trinajstić information content (AvgIpc) is 3.52. The first-order valence-electron chi connectivity index (χ1n) is 16.5. The highest BCUT2D eigenvalue weighted by Gasteiger charge is 2.23. The number of pyridine rings is 1. The fourth-order valence-corrected chi connectivity index (χ4v) is 6.73. The highest BCUT2D eigenvalue weighted by atomic mass is 15.1. The van der Waals surface area contributed by atoms with E-state index in [1.807, 2.05) is 24.3 Å². The van der Waals surface area contributed by atoms with E-state index < -0.39 is 0 Å². The summed E-state index contributed by atoms with van der Waals surface area (Å²) in [6, 6.07) is 48.7. The van der Waals surface area contributed by atoms with Gasteiger partial charge in [-0.05, 0) is 60.0 Å². The maximum absolute atomic E-state index is 5.08. The number of allylic oxidation sites excluding steroid dienone is 1. The van der Waals surface area contributed by atoms with Gasteiger partial charge in [0.2, 0.25) is 0 Å². The number of aromatic nitrogens is 5. The Morgan fingerprint density at radius 3 is 1.67 bits per heavy atom. The summed E-state index contributed by atoms with van der Waals surface area (Å²) in [5.74, 6) is 1.61. The van der Waals surface area contributed by atoms with Gasteiger partial charge in [0.25, 0.3) is 0 Å². The van der Waals surface area contributed by atoms with Crippen molar-refractivity contribution in [2.24, 2.45) is 4.99 Å². The molecule has 3 aromatic heterocycles. The first-order valence-corrected chi connectivity index (χ1v) is 16.5. The van der Waals surface area contributed by atoms with Gasteiger partial charge in [-0.15, -0.1) is 0 Å². The molecular weight excluding hydrogens is 601 g/mol. The molecule has 0 bridgehead atoms. The minimum Gasteiger partial charge on any atom is -0.308 e. The number of dihydropyridines is 1. The number of nitrogens with zero attached hydrogens (tertiary/aromatic N) is 6. The largest absolute Gasteiger partial charge is 0.308 e. The summed E-state index contributed by atoms with van der Waals surface area (Å²) >= 11 is 0. The van der Waals surface area contributed by atoms with Crippen LogP contribution in [-0.4, -0.2) is 36.8 Å². The molecule has 0 spiro atoms. The zero-order valence-electron chi connectivity index (χ0n) is 26.6. The smallest absolute Gasteiger partial charge is 0.182 e. The lowest BCUT2D eigenvalue weighted by Gasteiger charge is -2.21. The Balaban J connectivity index is 1.39. The quantitative estimate of drug-likeness (QED) is 0.183. The summed E-state index contributed by atoms with van der Waals surface area (Å²) in [7, 11) is 0. The van der Waals surface area contributed by atoms with Gasteiger partial charge < -0.3 is 4.57 Å². The molecule has 1 aliphatic rings. The number of aliphatic imine (C=N–C) groups is 1. The molecule has 1 aliphatic heterocycles. The van der Waals surface area contributed by atoms with Crippen LogP contribution < -0.4 is 0 Å². The Labute approximate surface area is 283 Å². The summed E-state index contributed by atoms with van der Waals surface area (Å²) in [6.45, 7) is 0.704. The molecule has 0 atom stereocenters. The SMILES string of the molecule is C1=CC(c2nc(-c3cc(-c4ccccc4)c(-n4c5ccccc5c5ccccc54)c(-c4ccccc4)c3)nc(-c3ccccn3)n2)=NCC1. The Morgan fingerprint density at radius 2 is 1.08 bits per heavy atom. The predicted molar refractivity (Wildman–Crippen MR) is 199 cm³/mol. The molecule has 0 aliphatic carbocycles. The maximum Gasteiger partial charge on any atom is 0.182 e. The van der Waals surface area contributed by atoms with Crippen molar-refractivity contribution < 1.29 is 0 Å². The van der Waals surface area contributed by atoms with Crippen molar-refractivity contribution in [2.45, 2.75) is 6.42 Å². The van der Waals surface area contributed by atoms with E-state index in [0.29, 0.717) is 29.7 Å². The minimum absolute atomic E-state index is 0.510. The molecule has 8 aromatic rings. The molecule has 49 heavy (non-hydrogen) atoms. The number of hydrogen-bond acceptors (Lipinski definition) is 5. The Hall–Kier alpha value is -6.53. The Morgan fingerprint density at radius 1 is 0.510 bits per heavy atom. The van der Waals surface area contributed by atoms with Gasteiger partial charge in [0.15, 0.2) is 17.5 Å². The van der Waals surface area contributed by atoms with Gasteiger partial charge in [-0.25, -0.2) is 15.0 Å². The number of rotatable bonds is 6. The molecule has 232 valence electrons. The van der Waals surface area contributed by atoms with E-state index in [4.69, 9.17) is 19.9 Å². The van der Waals surface area contributed by atoms with Crippen LogP contribution in [0, 0.1) is 0 Å². The van der Waals surface area contributed by atoms with Crippen LogP contribution in [-0.2, 0) is 0 Å².